The molecule has 4 rings (SSSR count). The molecule has 0 aliphatic carbocycles. The molecule has 156 valence electrons. The van der Waals surface area contributed by atoms with Gasteiger partial charge in [0.25, 0.3) is 5.91 Å². The van der Waals surface area contributed by atoms with Crippen molar-refractivity contribution in [3.05, 3.63) is 71.1 Å². The molecule has 3 aromatic rings. The van der Waals surface area contributed by atoms with Crippen molar-refractivity contribution in [2.45, 2.75) is 13.8 Å². The number of nitrogens with zero attached hydrogens (tertiary/aromatic N) is 2. The minimum absolute atomic E-state index is 0.00811. The van der Waals surface area contributed by atoms with Crippen molar-refractivity contribution < 1.29 is 19.0 Å². The predicted molar refractivity (Wildman–Crippen MR) is 117 cm³/mol. The van der Waals surface area contributed by atoms with E-state index >= 15 is 0 Å². The second-order valence-corrected chi connectivity index (χ2v) is 7.06. The standard InChI is InChI=1S/C24H21N3O4/c1-15-9-17(16(2)27(15)20-7-8-22-23(12-20)31-14-30-22)10-18(13-25)24(28)26-19-5-4-6-21(11-19)29-3/h4-12H,14H2,1-3H3,(H,26,28)/b18-10+. The van der Waals surface area contributed by atoms with Gasteiger partial charge in [-0.25, -0.2) is 0 Å². The summed E-state index contributed by atoms with van der Waals surface area (Å²) in [6, 6.07) is 16.6. The number of benzene rings is 2. The topological polar surface area (TPSA) is 85.5 Å². The third-order valence-electron chi connectivity index (χ3n) is 5.08. The summed E-state index contributed by atoms with van der Waals surface area (Å²) in [6.45, 7) is 4.13. The quantitative estimate of drug-likeness (QED) is 0.494. The molecule has 7 heteroatoms. The molecule has 2 heterocycles. The molecule has 0 saturated heterocycles. The van der Waals surface area contributed by atoms with Crippen LogP contribution in [0.25, 0.3) is 11.8 Å². The van der Waals surface area contributed by atoms with Gasteiger partial charge in [-0.1, -0.05) is 6.07 Å². The second-order valence-electron chi connectivity index (χ2n) is 7.06. The van der Waals surface area contributed by atoms with Gasteiger partial charge in [-0.05, 0) is 55.8 Å². The Labute approximate surface area is 180 Å². The molecular weight excluding hydrogens is 394 g/mol. The first-order chi connectivity index (χ1) is 15.0. The highest BCUT2D eigenvalue weighted by molar-refractivity contribution is 6.09. The van der Waals surface area contributed by atoms with Crippen LogP contribution in [0.1, 0.15) is 17.0 Å². The number of nitrogens with one attached hydrogen (secondary N) is 1. The van der Waals surface area contributed by atoms with Crippen LogP contribution < -0.4 is 19.5 Å². The third-order valence-corrected chi connectivity index (χ3v) is 5.08. The molecule has 1 amide bonds. The largest absolute Gasteiger partial charge is 0.497 e. The minimum Gasteiger partial charge on any atom is -0.497 e. The van der Waals surface area contributed by atoms with E-state index in [0.29, 0.717) is 22.9 Å². The average Bonchev–Trinajstić information content (AvgIpc) is 3.35. The molecule has 31 heavy (non-hydrogen) atoms. The van der Waals surface area contributed by atoms with Crippen molar-refractivity contribution in [2.75, 3.05) is 19.2 Å². The lowest BCUT2D eigenvalue weighted by Gasteiger charge is -2.10. The first-order valence-corrected chi connectivity index (χ1v) is 9.66. The van der Waals surface area contributed by atoms with E-state index in [2.05, 4.69) is 5.32 Å². The molecule has 1 aromatic heterocycles. The van der Waals surface area contributed by atoms with E-state index in [1.807, 2.05) is 48.7 Å². The van der Waals surface area contributed by atoms with Gasteiger partial charge in [-0.3, -0.25) is 4.79 Å². The lowest BCUT2D eigenvalue weighted by molar-refractivity contribution is -0.112. The number of anilines is 1. The molecular formula is C24H21N3O4. The number of nitriles is 1. The van der Waals surface area contributed by atoms with Crippen LogP contribution in [0.3, 0.4) is 0 Å². The smallest absolute Gasteiger partial charge is 0.266 e. The zero-order valence-electron chi connectivity index (χ0n) is 17.4. The summed E-state index contributed by atoms with van der Waals surface area (Å²) in [5.74, 6) is 1.54. The molecule has 0 unspecified atom stereocenters. The Morgan fingerprint density at radius 3 is 2.74 bits per heavy atom. The molecule has 1 N–H and O–H groups in total. The molecule has 7 nitrogen and oxygen atoms in total. The number of carbonyl (C=O) groups is 1. The second kappa shape index (κ2) is 8.28. The molecule has 2 aromatic carbocycles. The molecule has 1 aliphatic heterocycles. The Balaban J connectivity index is 1.63. The lowest BCUT2D eigenvalue weighted by atomic mass is 10.1. The van der Waals surface area contributed by atoms with Crippen LogP contribution in [-0.2, 0) is 4.79 Å². The van der Waals surface area contributed by atoms with Crippen molar-refractivity contribution in [2.24, 2.45) is 0 Å². The predicted octanol–water partition coefficient (Wildman–Crippen LogP) is 4.38. The number of aryl methyl sites for hydroxylation is 1. The maximum absolute atomic E-state index is 12.7. The molecule has 0 atom stereocenters. The van der Waals surface area contributed by atoms with E-state index in [9.17, 15) is 10.1 Å². The monoisotopic (exact) mass is 415 g/mol. The van der Waals surface area contributed by atoms with E-state index in [4.69, 9.17) is 14.2 Å². The summed E-state index contributed by atoms with van der Waals surface area (Å²) in [4.78, 5) is 12.7. The van der Waals surface area contributed by atoms with Crippen LogP contribution in [0.2, 0.25) is 0 Å². The highest BCUT2D eigenvalue weighted by Gasteiger charge is 2.17. The fourth-order valence-electron chi connectivity index (χ4n) is 3.56. The van der Waals surface area contributed by atoms with Gasteiger partial charge in [0.1, 0.15) is 17.4 Å². The van der Waals surface area contributed by atoms with E-state index in [1.54, 1.807) is 37.5 Å². The molecule has 0 saturated carbocycles. The summed E-state index contributed by atoms with van der Waals surface area (Å²) < 4.78 is 18.1. The first kappa shape index (κ1) is 20.1. The van der Waals surface area contributed by atoms with Gasteiger partial charge in [0.2, 0.25) is 6.79 Å². The maximum atomic E-state index is 12.7. The van der Waals surface area contributed by atoms with Gasteiger partial charge in [-0.15, -0.1) is 0 Å². The van der Waals surface area contributed by atoms with Crippen molar-refractivity contribution in [1.29, 1.82) is 5.26 Å². The summed E-state index contributed by atoms with van der Waals surface area (Å²) in [5, 5.41) is 12.3. The van der Waals surface area contributed by atoms with Crippen molar-refractivity contribution in [3.63, 3.8) is 0 Å². The summed E-state index contributed by atoms with van der Waals surface area (Å²) >= 11 is 0. The Bertz CT molecular complexity index is 1230. The lowest BCUT2D eigenvalue weighted by Crippen LogP contribution is -2.13. The fourth-order valence-corrected chi connectivity index (χ4v) is 3.56. The Morgan fingerprint density at radius 2 is 1.97 bits per heavy atom. The molecule has 0 spiro atoms. The Kier molecular flexibility index (Phi) is 5.37. The number of aromatic nitrogens is 1. The van der Waals surface area contributed by atoms with Crippen molar-refractivity contribution in [3.8, 4) is 29.0 Å². The normalized spacial score (nSPS) is 12.4. The maximum Gasteiger partial charge on any atom is 0.266 e. The number of amides is 1. The zero-order valence-corrected chi connectivity index (χ0v) is 17.4. The summed E-state index contributed by atoms with van der Waals surface area (Å²) in [6.07, 6.45) is 1.60. The number of methoxy groups -OCH3 is 1. The SMILES string of the molecule is COc1cccc(NC(=O)/C(C#N)=C/c2cc(C)n(-c3ccc4c(c3)OCO4)c2C)c1. The van der Waals surface area contributed by atoms with Crippen LogP contribution >= 0.6 is 0 Å². The number of carbonyl (C=O) groups excluding carboxylic acids is 1. The fraction of sp³-hybridized carbons (Fsp3) is 0.167. The van der Waals surface area contributed by atoms with E-state index < -0.39 is 5.91 Å². The number of hydrogen-bond acceptors (Lipinski definition) is 5. The minimum atomic E-state index is -0.483. The molecule has 0 fully saturated rings. The van der Waals surface area contributed by atoms with Crippen LogP contribution in [0.4, 0.5) is 5.69 Å². The van der Waals surface area contributed by atoms with Gasteiger partial charge < -0.3 is 24.1 Å². The van der Waals surface area contributed by atoms with Gasteiger partial charge >= 0.3 is 0 Å². The highest BCUT2D eigenvalue weighted by atomic mass is 16.7. The van der Waals surface area contributed by atoms with Crippen LogP contribution in [-0.4, -0.2) is 24.4 Å². The van der Waals surface area contributed by atoms with E-state index in [1.165, 1.54) is 0 Å². The average molecular weight is 415 g/mol. The van der Waals surface area contributed by atoms with Gasteiger partial charge in [0, 0.05) is 34.9 Å². The Morgan fingerprint density at radius 1 is 1.16 bits per heavy atom. The first-order valence-electron chi connectivity index (χ1n) is 9.66. The van der Waals surface area contributed by atoms with Crippen molar-refractivity contribution >= 4 is 17.7 Å². The van der Waals surface area contributed by atoms with E-state index in [-0.39, 0.29) is 12.4 Å². The summed E-state index contributed by atoms with van der Waals surface area (Å²) in [7, 11) is 1.55. The van der Waals surface area contributed by atoms with Gasteiger partial charge in [-0.2, -0.15) is 5.26 Å². The molecule has 0 bridgehead atoms. The Hall–Kier alpha value is -4.18. The van der Waals surface area contributed by atoms with E-state index in [0.717, 1.165) is 22.6 Å². The number of fused-ring (bicyclic) bond motifs is 1. The third kappa shape index (κ3) is 3.96. The summed E-state index contributed by atoms with van der Waals surface area (Å²) in [5.41, 5.74) is 4.13. The number of hydrogen-bond donors (Lipinski definition) is 1. The zero-order chi connectivity index (χ0) is 22.0. The number of rotatable bonds is 5. The molecule has 0 radical (unpaired) electrons. The van der Waals surface area contributed by atoms with Crippen LogP contribution in [0.15, 0.2) is 54.1 Å². The van der Waals surface area contributed by atoms with Gasteiger partial charge in [0.05, 0.1) is 7.11 Å². The van der Waals surface area contributed by atoms with Crippen LogP contribution in [0, 0.1) is 25.2 Å². The molecule has 1 aliphatic rings. The van der Waals surface area contributed by atoms with Gasteiger partial charge in [0.15, 0.2) is 11.5 Å². The van der Waals surface area contributed by atoms with Crippen molar-refractivity contribution in [1.82, 2.24) is 4.57 Å². The number of ether oxygens (including phenoxy) is 3. The van der Waals surface area contributed by atoms with Crippen LogP contribution in [0.5, 0.6) is 17.2 Å². The highest BCUT2D eigenvalue weighted by Crippen LogP contribution is 2.35.